The molecule has 0 saturated carbocycles. The van der Waals surface area contributed by atoms with Gasteiger partial charge in [0.05, 0.1) is 30.2 Å². The summed E-state index contributed by atoms with van der Waals surface area (Å²) in [6.45, 7) is 5.53. The molecular formula is C25H25N5O3. The van der Waals surface area contributed by atoms with Crippen LogP contribution in [0.5, 0.6) is 0 Å². The lowest BCUT2D eigenvalue weighted by Gasteiger charge is -2.33. The average Bonchev–Trinajstić information content (AvgIpc) is 3.54. The fourth-order valence-corrected chi connectivity index (χ4v) is 4.93. The van der Waals surface area contributed by atoms with Crippen LogP contribution < -0.4 is 0 Å². The summed E-state index contributed by atoms with van der Waals surface area (Å²) < 4.78 is 15.3. The van der Waals surface area contributed by atoms with E-state index in [1.807, 2.05) is 53.1 Å². The lowest BCUT2D eigenvalue weighted by Crippen LogP contribution is -2.38. The molecule has 1 fully saturated rings. The Balaban J connectivity index is 1.21. The molecule has 0 spiro atoms. The Labute approximate surface area is 191 Å². The molecule has 1 saturated heterocycles. The molecule has 3 aromatic heterocycles. The molecule has 8 nitrogen and oxygen atoms in total. The summed E-state index contributed by atoms with van der Waals surface area (Å²) >= 11 is 0. The Bertz CT molecular complexity index is 1370. The summed E-state index contributed by atoms with van der Waals surface area (Å²) in [5.74, 6) is -0.232. The van der Waals surface area contributed by atoms with E-state index in [0.717, 1.165) is 58.6 Å². The van der Waals surface area contributed by atoms with Crippen LogP contribution in [0.1, 0.15) is 38.7 Å². The Morgan fingerprint density at radius 2 is 2.12 bits per heavy atom. The van der Waals surface area contributed by atoms with Crippen molar-refractivity contribution in [2.75, 3.05) is 19.7 Å². The molecule has 1 atom stereocenters. The van der Waals surface area contributed by atoms with E-state index in [2.05, 4.69) is 34.2 Å². The van der Waals surface area contributed by atoms with Crippen LogP contribution >= 0.6 is 0 Å². The maximum absolute atomic E-state index is 11.9. The second-order valence-electron chi connectivity index (χ2n) is 8.76. The number of hydrogen-bond acceptors (Lipinski definition) is 6. The highest BCUT2D eigenvalue weighted by atomic mass is 16.5. The van der Waals surface area contributed by atoms with Crippen molar-refractivity contribution in [3.05, 3.63) is 76.9 Å². The summed E-state index contributed by atoms with van der Waals surface area (Å²) in [5, 5.41) is 5.70. The van der Waals surface area contributed by atoms with Crippen LogP contribution in [0.2, 0.25) is 0 Å². The fraction of sp³-hybridized carbons (Fsp3) is 0.320. The molecule has 2 aliphatic heterocycles. The molecular weight excluding hydrogens is 418 g/mol. The summed E-state index contributed by atoms with van der Waals surface area (Å²) in [6.07, 6.45) is 7.84. The Kier molecular flexibility index (Phi) is 4.78. The molecule has 0 aliphatic carbocycles. The van der Waals surface area contributed by atoms with Crippen LogP contribution in [-0.2, 0) is 29.7 Å². The molecule has 5 heterocycles. The molecule has 0 amide bonds. The van der Waals surface area contributed by atoms with Gasteiger partial charge in [0.2, 0.25) is 0 Å². The van der Waals surface area contributed by atoms with Gasteiger partial charge in [-0.2, -0.15) is 5.10 Å². The van der Waals surface area contributed by atoms with E-state index in [9.17, 15) is 4.79 Å². The SMILES string of the molecule is Cc1c(C2CN(Cc3cnn(-c4ccnc5c4ccn5C)c3)CCO2)ccc2c1COC2=O. The van der Waals surface area contributed by atoms with Crippen LogP contribution in [-0.4, -0.2) is 49.9 Å². The first-order valence-corrected chi connectivity index (χ1v) is 11.2. The normalized spacial score (nSPS) is 18.6. The summed E-state index contributed by atoms with van der Waals surface area (Å²) in [5.41, 5.74) is 7.03. The minimum Gasteiger partial charge on any atom is -0.457 e. The lowest BCUT2D eigenvalue weighted by atomic mass is 9.94. The number of morpholine rings is 1. The van der Waals surface area contributed by atoms with Gasteiger partial charge in [-0.05, 0) is 36.2 Å². The van der Waals surface area contributed by atoms with E-state index in [4.69, 9.17) is 9.47 Å². The zero-order valence-corrected chi connectivity index (χ0v) is 18.7. The van der Waals surface area contributed by atoms with Gasteiger partial charge in [0.15, 0.2) is 0 Å². The second kappa shape index (κ2) is 7.83. The number of carbonyl (C=O) groups excluding carboxylic acids is 1. The summed E-state index contributed by atoms with van der Waals surface area (Å²) in [7, 11) is 2.00. The second-order valence-corrected chi connectivity index (χ2v) is 8.76. The zero-order chi connectivity index (χ0) is 22.5. The first kappa shape index (κ1) is 20.1. The van der Waals surface area contributed by atoms with Gasteiger partial charge < -0.3 is 14.0 Å². The van der Waals surface area contributed by atoms with Crippen LogP contribution in [0.15, 0.2) is 49.1 Å². The monoisotopic (exact) mass is 443 g/mol. The Morgan fingerprint density at radius 1 is 1.21 bits per heavy atom. The lowest BCUT2D eigenvalue weighted by molar-refractivity contribution is -0.0332. The van der Waals surface area contributed by atoms with Crippen LogP contribution in [0.3, 0.4) is 0 Å². The topological polar surface area (TPSA) is 74.4 Å². The van der Waals surface area contributed by atoms with Gasteiger partial charge in [-0.3, -0.25) is 4.90 Å². The molecule has 1 unspecified atom stereocenters. The van der Waals surface area contributed by atoms with Crippen molar-refractivity contribution in [3.63, 3.8) is 0 Å². The van der Waals surface area contributed by atoms with E-state index in [-0.39, 0.29) is 12.1 Å². The summed E-state index contributed by atoms with van der Waals surface area (Å²) in [4.78, 5) is 18.7. The van der Waals surface area contributed by atoms with E-state index in [1.165, 1.54) is 0 Å². The predicted molar refractivity (Wildman–Crippen MR) is 122 cm³/mol. The highest BCUT2D eigenvalue weighted by molar-refractivity contribution is 5.94. The maximum Gasteiger partial charge on any atom is 0.338 e. The average molecular weight is 444 g/mol. The van der Waals surface area contributed by atoms with Gasteiger partial charge >= 0.3 is 5.97 Å². The van der Waals surface area contributed by atoms with Crippen molar-refractivity contribution in [2.45, 2.75) is 26.2 Å². The Hall–Kier alpha value is -3.49. The van der Waals surface area contributed by atoms with Gasteiger partial charge in [0.1, 0.15) is 12.3 Å². The van der Waals surface area contributed by atoms with Gasteiger partial charge in [0, 0.05) is 61.8 Å². The number of carbonyl (C=O) groups is 1. The van der Waals surface area contributed by atoms with E-state index in [1.54, 1.807) is 0 Å². The van der Waals surface area contributed by atoms with Crippen molar-refractivity contribution in [3.8, 4) is 5.69 Å². The summed E-state index contributed by atoms with van der Waals surface area (Å²) in [6, 6.07) is 7.96. The van der Waals surface area contributed by atoms with Crippen LogP contribution in [0.4, 0.5) is 0 Å². The number of aromatic nitrogens is 4. The third-order valence-corrected chi connectivity index (χ3v) is 6.74. The van der Waals surface area contributed by atoms with Gasteiger partial charge in [-0.1, -0.05) is 6.07 Å². The van der Waals surface area contributed by atoms with Gasteiger partial charge in [-0.25, -0.2) is 14.5 Å². The molecule has 8 heteroatoms. The number of pyridine rings is 1. The van der Waals surface area contributed by atoms with Crippen LogP contribution in [0.25, 0.3) is 16.7 Å². The zero-order valence-electron chi connectivity index (χ0n) is 18.7. The fourth-order valence-electron chi connectivity index (χ4n) is 4.93. The van der Waals surface area contributed by atoms with Gasteiger partial charge in [-0.15, -0.1) is 0 Å². The molecule has 6 rings (SSSR count). The molecule has 2 aliphatic rings. The van der Waals surface area contributed by atoms with Gasteiger partial charge in [0.25, 0.3) is 0 Å². The largest absolute Gasteiger partial charge is 0.457 e. The van der Waals surface area contributed by atoms with E-state index in [0.29, 0.717) is 18.8 Å². The van der Waals surface area contributed by atoms with Crippen molar-refractivity contribution in [2.24, 2.45) is 7.05 Å². The molecule has 4 aromatic rings. The van der Waals surface area contributed by atoms with Crippen molar-refractivity contribution < 1.29 is 14.3 Å². The number of ether oxygens (including phenoxy) is 2. The minimum atomic E-state index is -0.232. The first-order valence-electron chi connectivity index (χ1n) is 11.2. The number of fused-ring (bicyclic) bond motifs is 2. The van der Waals surface area contributed by atoms with Crippen molar-refractivity contribution in [1.82, 2.24) is 24.2 Å². The quantitative estimate of drug-likeness (QED) is 0.451. The molecule has 168 valence electrons. The predicted octanol–water partition coefficient (Wildman–Crippen LogP) is 3.31. The number of cyclic esters (lactones) is 1. The number of aryl methyl sites for hydroxylation is 1. The third kappa shape index (κ3) is 3.42. The molecule has 33 heavy (non-hydrogen) atoms. The maximum atomic E-state index is 11.9. The van der Waals surface area contributed by atoms with E-state index < -0.39 is 0 Å². The smallest absolute Gasteiger partial charge is 0.338 e. The minimum absolute atomic E-state index is 0.0288. The number of rotatable bonds is 4. The number of benzene rings is 1. The molecule has 0 radical (unpaired) electrons. The van der Waals surface area contributed by atoms with Crippen molar-refractivity contribution in [1.29, 1.82) is 0 Å². The Morgan fingerprint density at radius 3 is 3.03 bits per heavy atom. The first-order chi connectivity index (χ1) is 16.1. The van der Waals surface area contributed by atoms with Crippen molar-refractivity contribution >= 4 is 17.0 Å². The standard InChI is InChI=1S/C25H25N5O3/c1-16-18(3-4-19-21(16)15-33-25(19)31)23-14-29(9-10-32-23)12-17-11-27-30(13-17)22-5-7-26-24-20(22)6-8-28(24)2/h3-8,11,13,23H,9-10,12,14-15H2,1-2H3. The molecule has 0 bridgehead atoms. The van der Waals surface area contributed by atoms with E-state index >= 15 is 0 Å². The molecule has 0 N–H and O–H groups in total. The highest BCUT2D eigenvalue weighted by Gasteiger charge is 2.29. The highest BCUT2D eigenvalue weighted by Crippen LogP contribution is 2.32. The number of nitrogens with zero attached hydrogens (tertiary/aromatic N) is 5. The molecule has 1 aromatic carbocycles. The number of esters is 1. The third-order valence-electron chi connectivity index (χ3n) is 6.74. The van der Waals surface area contributed by atoms with Crippen LogP contribution in [0, 0.1) is 6.92 Å². The number of hydrogen-bond donors (Lipinski definition) is 0.